The Balaban J connectivity index is 2.06. The second-order valence-electron chi connectivity index (χ2n) is 6.97. The molecule has 8 nitrogen and oxygen atoms in total. The number of nitro groups is 1. The van der Waals surface area contributed by atoms with Crippen LogP contribution in [0.15, 0.2) is 23.8 Å². The van der Waals surface area contributed by atoms with Crippen molar-refractivity contribution in [1.82, 2.24) is 10.6 Å². The largest absolute Gasteiger partial charge is 0.368 e. The molecule has 0 spiro atoms. The fourth-order valence-electron chi connectivity index (χ4n) is 3.56. The Morgan fingerprint density at radius 3 is 2.52 bits per heavy atom. The molecule has 2 amide bonds. The van der Waals surface area contributed by atoms with E-state index in [1.54, 1.807) is 6.07 Å². The smallest absolute Gasteiger partial charge is 0.270 e. The van der Waals surface area contributed by atoms with Crippen molar-refractivity contribution >= 4 is 46.6 Å². The number of anilines is 1. The number of nitrogens with one attached hydrogen (secondary N) is 2. The fraction of sp³-hybridized carbons (Fsp3) is 0.389. The molecule has 0 saturated carbocycles. The predicted molar refractivity (Wildman–Crippen MR) is 105 cm³/mol. The van der Waals surface area contributed by atoms with Crippen LogP contribution in [-0.2, 0) is 9.59 Å². The number of hydrogen-bond donors (Lipinski definition) is 2. The summed E-state index contributed by atoms with van der Waals surface area (Å²) >= 11 is 4.80. The van der Waals surface area contributed by atoms with E-state index in [0.29, 0.717) is 11.5 Å². The molecule has 2 atom stereocenters. The van der Waals surface area contributed by atoms with Crippen LogP contribution in [0.1, 0.15) is 32.3 Å². The summed E-state index contributed by atoms with van der Waals surface area (Å²) < 4.78 is 0. The number of carbonyl (C=O) groups is 2. The van der Waals surface area contributed by atoms with Crippen LogP contribution in [0.5, 0.6) is 0 Å². The molecule has 2 N–H and O–H groups in total. The van der Waals surface area contributed by atoms with Crippen LogP contribution < -0.4 is 15.5 Å². The standard InChI is InChI=1S/C18H20N4O4S/c1-10-5-6-21(11(2)7-10)15-4-3-13(22(25)26)8-12(15)9-14-16(23)19-18(27)20-17(14)24/h3-4,8-11H,5-7H2,1-2H3,(H2,19,20,23,24,27)/t10-,11+/m1/s1. The van der Waals surface area contributed by atoms with Crippen molar-refractivity contribution in [1.29, 1.82) is 0 Å². The van der Waals surface area contributed by atoms with Crippen molar-refractivity contribution in [2.45, 2.75) is 32.7 Å². The normalized spacial score (nSPS) is 23.0. The topological polar surface area (TPSA) is 105 Å². The lowest BCUT2D eigenvalue weighted by Gasteiger charge is -2.39. The second-order valence-corrected chi connectivity index (χ2v) is 7.38. The van der Waals surface area contributed by atoms with Crippen molar-refractivity contribution in [2.24, 2.45) is 5.92 Å². The van der Waals surface area contributed by atoms with Gasteiger partial charge in [-0.25, -0.2) is 0 Å². The molecule has 2 aliphatic rings. The van der Waals surface area contributed by atoms with E-state index in [0.717, 1.165) is 25.1 Å². The molecule has 2 aliphatic heterocycles. The first-order valence-corrected chi connectivity index (χ1v) is 9.10. The Labute approximate surface area is 161 Å². The third-order valence-electron chi connectivity index (χ3n) is 4.91. The highest BCUT2D eigenvalue weighted by molar-refractivity contribution is 7.80. The highest BCUT2D eigenvalue weighted by Crippen LogP contribution is 2.33. The first-order chi connectivity index (χ1) is 12.8. The van der Waals surface area contributed by atoms with Crippen LogP contribution in [0.2, 0.25) is 0 Å². The van der Waals surface area contributed by atoms with Crippen molar-refractivity contribution < 1.29 is 14.5 Å². The number of carbonyl (C=O) groups excluding carboxylic acids is 2. The highest BCUT2D eigenvalue weighted by Gasteiger charge is 2.29. The van der Waals surface area contributed by atoms with Crippen molar-refractivity contribution in [3.8, 4) is 0 Å². The van der Waals surface area contributed by atoms with Gasteiger partial charge < -0.3 is 4.90 Å². The highest BCUT2D eigenvalue weighted by atomic mass is 32.1. The van der Waals surface area contributed by atoms with Gasteiger partial charge in [-0.05, 0) is 50.0 Å². The van der Waals surface area contributed by atoms with Crippen molar-refractivity contribution in [3.05, 3.63) is 39.4 Å². The molecule has 9 heteroatoms. The molecule has 1 aromatic rings. The minimum Gasteiger partial charge on any atom is -0.368 e. The summed E-state index contributed by atoms with van der Waals surface area (Å²) in [6.45, 7) is 5.11. The minimum absolute atomic E-state index is 0.0555. The van der Waals surface area contributed by atoms with E-state index in [1.165, 1.54) is 18.2 Å². The van der Waals surface area contributed by atoms with E-state index in [9.17, 15) is 19.7 Å². The molecular formula is C18H20N4O4S. The van der Waals surface area contributed by atoms with Gasteiger partial charge in [0.15, 0.2) is 5.11 Å². The molecule has 2 fully saturated rings. The molecular weight excluding hydrogens is 368 g/mol. The van der Waals surface area contributed by atoms with Gasteiger partial charge in [0.1, 0.15) is 5.57 Å². The molecule has 3 rings (SSSR count). The summed E-state index contributed by atoms with van der Waals surface area (Å²) in [5.74, 6) is -0.643. The van der Waals surface area contributed by atoms with Crippen LogP contribution in [-0.4, -0.2) is 34.4 Å². The van der Waals surface area contributed by atoms with E-state index in [1.807, 2.05) is 0 Å². The van der Waals surface area contributed by atoms with Crippen molar-refractivity contribution in [2.75, 3.05) is 11.4 Å². The Kier molecular flexibility index (Phi) is 5.22. The summed E-state index contributed by atoms with van der Waals surface area (Å²) in [5.41, 5.74) is 0.985. The first-order valence-electron chi connectivity index (χ1n) is 8.69. The van der Waals surface area contributed by atoms with Crippen LogP contribution >= 0.6 is 12.2 Å². The zero-order chi connectivity index (χ0) is 19.7. The van der Waals surface area contributed by atoms with Gasteiger partial charge >= 0.3 is 0 Å². The van der Waals surface area contributed by atoms with Gasteiger partial charge in [-0.1, -0.05) is 6.92 Å². The average molecular weight is 388 g/mol. The van der Waals surface area contributed by atoms with Gasteiger partial charge in [0.05, 0.1) is 4.92 Å². The quantitative estimate of drug-likeness (QED) is 0.270. The van der Waals surface area contributed by atoms with Crippen molar-refractivity contribution in [3.63, 3.8) is 0 Å². The number of amides is 2. The molecule has 0 aromatic heterocycles. The van der Waals surface area contributed by atoms with Crippen LogP contribution in [0, 0.1) is 16.0 Å². The fourth-order valence-corrected chi connectivity index (χ4v) is 3.75. The maximum atomic E-state index is 12.2. The SMILES string of the molecule is C[C@@H]1CCN(c2ccc([N+](=O)[O-])cc2C=C2C(=O)NC(=S)NC2=O)[C@@H](C)C1. The van der Waals surface area contributed by atoms with Gasteiger partial charge in [-0.3, -0.25) is 30.3 Å². The lowest BCUT2D eigenvalue weighted by molar-refractivity contribution is -0.384. The van der Waals surface area contributed by atoms with E-state index in [-0.39, 0.29) is 22.4 Å². The Bertz CT molecular complexity index is 845. The number of hydrogen-bond acceptors (Lipinski definition) is 6. The lowest BCUT2D eigenvalue weighted by Crippen LogP contribution is -2.51. The first kappa shape index (κ1) is 19.0. The maximum absolute atomic E-state index is 12.2. The van der Waals surface area contributed by atoms with Gasteiger partial charge in [0.2, 0.25) is 0 Å². The zero-order valence-corrected chi connectivity index (χ0v) is 15.8. The van der Waals surface area contributed by atoms with E-state index in [2.05, 4.69) is 29.4 Å². The van der Waals surface area contributed by atoms with Crippen LogP contribution in [0.4, 0.5) is 11.4 Å². The van der Waals surface area contributed by atoms with Gasteiger partial charge in [-0.15, -0.1) is 0 Å². The second kappa shape index (κ2) is 7.43. The summed E-state index contributed by atoms with van der Waals surface area (Å²) in [5, 5.41) is 15.9. The van der Waals surface area contributed by atoms with Crippen LogP contribution in [0.25, 0.3) is 6.08 Å². The number of thiocarbonyl (C=S) groups is 1. The number of nitrogens with zero attached hydrogens (tertiary/aromatic N) is 2. The minimum atomic E-state index is -0.624. The molecule has 0 aliphatic carbocycles. The number of non-ortho nitro benzene ring substituents is 1. The van der Waals surface area contributed by atoms with Gasteiger partial charge in [-0.2, -0.15) is 0 Å². The molecule has 0 radical (unpaired) electrons. The Hall–Kier alpha value is -2.81. The molecule has 0 bridgehead atoms. The molecule has 2 heterocycles. The number of benzene rings is 1. The molecule has 142 valence electrons. The summed E-state index contributed by atoms with van der Waals surface area (Å²) in [6.07, 6.45) is 3.40. The average Bonchev–Trinajstić information content (AvgIpc) is 2.58. The zero-order valence-electron chi connectivity index (χ0n) is 15.0. The van der Waals surface area contributed by atoms with E-state index >= 15 is 0 Å². The van der Waals surface area contributed by atoms with Crippen LogP contribution in [0.3, 0.4) is 0 Å². The van der Waals surface area contributed by atoms with Gasteiger partial charge in [0, 0.05) is 36.0 Å². The molecule has 2 saturated heterocycles. The van der Waals surface area contributed by atoms with E-state index in [4.69, 9.17) is 12.2 Å². The maximum Gasteiger partial charge on any atom is 0.270 e. The van der Waals surface area contributed by atoms with Gasteiger partial charge in [0.25, 0.3) is 17.5 Å². The van der Waals surface area contributed by atoms with E-state index < -0.39 is 16.7 Å². The molecule has 27 heavy (non-hydrogen) atoms. The lowest BCUT2D eigenvalue weighted by atomic mass is 9.92. The summed E-state index contributed by atoms with van der Waals surface area (Å²) in [6, 6.07) is 4.76. The third kappa shape index (κ3) is 3.97. The Morgan fingerprint density at radius 1 is 1.26 bits per heavy atom. The molecule has 1 aromatic carbocycles. The molecule has 0 unspecified atom stereocenters. The predicted octanol–water partition coefficient (Wildman–Crippen LogP) is 2.13. The number of nitro benzene ring substituents is 1. The monoisotopic (exact) mass is 388 g/mol. The number of piperidine rings is 1. The Morgan fingerprint density at radius 2 is 1.93 bits per heavy atom. The summed E-state index contributed by atoms with van der Waals surface area (Å²) in [7, 11) is 0. The third-order valence-corrected chi connectivity index (χ3v) is 5.12. The summed E-state index contributed by atoms with van der Waals surface area (Å²) in [4.78, 5) is 37.2. The number of rotatable bonds is 3.